The third-order valence-corrected chi connectivity index (χ3v) is 3.94. The standard InChI is InChI=1S/C10H22BNO6S/c1-8(2)5-9(7-14)12(3-4-13)6-10(15)19(17,18)11-16/h8-10,13-15H,3-7H2,1-2H3. The van der Waals surface area contributed by atoms with Crippen LogP contribution < -0.4 is 0 Å². The van der Waals surface area contributed by atoms with Gasteiger partial charge >= 0.3 is 113 Å². The third kappa shape index (κ3) is 6.57. The van der Waals surface area contributed by atoms with Crippen molar-refractivity contribution in [3.8, 4) is 0 Å². The Labute approximate surface area is 114 Å². The van der Waals surface area contributed by atoms with Crippen LogP contribution in [0.3, 0.4) is 0 Å². The molecule has 0 rings (SSSR count). The second kappa shape index (κ2) is 8.75. The second-order valence-corrected chi connectivity index (χ2v) is 6.74. The van der Waals surface area contributed by atoms with Crippen molar-refractivity contribution in [2.24, 2.45) is 5.92 Å². The average molecular weight is 295 g/mol. The zero-order valence-electron chi connectivity index (χ0n) is 11.3. The molecule has 0 aliphatic heterocycles. The van der Waals surface area contributed by atoms with Crippen LogP contribution in [-0.2, 0) is 14.4 Å². The summed E-state index contributed by atoms with van der Waals surface area (Å²) in [5.41, 5.74) is -1.85. The summed E-state index contributed by atoms with van der Waals surface area (Å²) in [6.45, 7) is 3.23. The van der Waals surface area contributed by atoms with E-state index in [2.05, 4.69) is 0 Å². The van der Waals surface area contributed by atoms with Crippen LogP contribution in [0.1, 0.15) is 20.3 Å². The quantitative estimate of drug-likeness (QED) is 0.415. The summed E-state index contributed by atoms with van der Waals surface area (Å²) in [6, 6.07) is -0.372. The molecular weight excluding hydrogens is 273 g/mol. The van der Waals surface area contributed by atoms with Crippen molar-refractivity contribution in [3.63, 3.8) is 0 Å². The summed E-state index contributed by atoms with van der Waals surface area (Å²) in [5, 5.41) is 27.8. The van der Waals surface area contributed by atoms with Crippen molar-refractivity contribution in [3.05, 3.63) is 0 Å². The topological polar surface area (TPSA) is 115 Å². The first-order chi connectivity index (χ1) is 8.78. The van der Waals surface area contributed by atoms with Crippen LogP contribution in [0.2, 0.25) is 0 Å². The molecule has 0 saturated carbocycles. The number of hydrogen-bond acceptors (Lipinski definition) is 7. The Morgan fingerprint density at radius 1 is 1.26 bits per heavy atom. The van der Waals surface area contributed by atoms with Crippen molar-refractivity contribution in [2.45, 2.75) is 31.7 Å². The molecule has 9 heteroatoms. The van der Waals surface area contributed by atoms with Crippen LogP contribution in [0, 0.1) is 5.92 Å². The minimum atomic E-state index is -4.21. The molecule has 0 heterocycles. The summed E-state index contributed by atoms with van der Waals surface area (Å²) in [6.07, 6.45) is 0.301. The van der Waals surface area contributed by atoms with E-state index in [9.17, 15) is 23.3 Å². The van der Waals surface area contributed by atoms with Gasteiger partial charge in [-0.05, 0) is 0 Å². The first-order valence-electron chi connectivity index (χ1n) is 6.11. The molecule has 2 atom stereocenters. The van der Waals surface area contributed by atoms with Gasteiger partial charge in [-0.25, -0.2) is 0 Å². The summed E-state index contributed by atoms with van der Waals surface area (Å²) in [4.78, 5) is 1.48. The molecule has 0 radical (unpaired) electrons. The molecule has 0 aliphatic carbocycles. The van der Waals surface area contributed by atoms with Crippen LogP contribution in [0.25, 0.3) is 0 Å². The van der Waals surface area contributed by atoms with Crippen molar-refractivity contribution >= 4 is 16.1 Å². The van der Waals surface area contributed by atoms with E-state index in [1.165, 1.54) is 4.90 Å². The van der Waals surface area contributed by atoms with Crippen molar-refractivity contribution in [1.29, 1.82) is 0 Å². The monoisotopic (exact) mass is 295 g/mol. The molecule has 0 saturated heterocycles. The Morgan fingerprint density at radius 3 is 2.21 bits per heavy atom. The summed E-state index contributed by atoms with van der Waals surface area (Å²) in [5.74, 6) is 0.262. The molecule has 112 valence electrons. The Kier molecular flexibility index (Phi) is 8.59. The van der Waals surface area contributed by atoms with E-state index in [0.717, 1.165) is 0 Å². The molecule has 3 N–H and O–H groups in total. The molecule has 0 amide bonds. The second-order valence-electron chi connectivity index (χ2n) is 4.82. The summed E-state index contributed by atoms with van der Waals surface area (Å²) in [7, 11) is -4.21. The molecule has 0 aromatic carbocycles. The fraction of sp³-hybridized carbons (Fsp3) is 1.00. The van der Waals surface area contributed by atoms with E-state index in [0.29, 0.717) is 6.42 Å². The molecular formula is C10H22BNO6S. The van der Waals surface area contributed by atoms with Crippen LogP contribution in [0.15, 0.2) is 0 Å². The summed E-state index contributed by atoms with van der Waals surface area (Å²) < 4.78 is 32.8. The van der Waals surface area contributed by atoms with E-state index >= 15 is 0 Å². The van der Waals surface area contributed by atoms with Gasteiger partial charge in [-0.3, -0.25) is 0 Å². The molecule has 2 unspecified atom stereocenters. The zero-order chi connectivity index (χ0) is 15.1. The predicted molar refractivity (Wildman–Crippen MR) is 70.4 cm³/mol. The Balaban J connectivity index is 4.84. The van der Waals surface area contributed by atoms with Crippen LogP contribution in [0.4, 0.5) is 0 Å². The molecule has 0 aromatic rings. The Hall–Kier alpha value is -0.345. The van der Waals surface area contributed by atoms with Gasteiger partial charge in [-0.2, -0.15) is 0 Å². The van der Waals surface area contributed by atoms with E-state index in [1.807, 2.05) is 13.8 Å². The molecule has 0 bridgehead atoms. The van der Waals surface area contributed by atoms with E-state index < -0.39 is 15.1 Å². The number of nitrogens with zero attached hydrogens (tertiary/aromatic N) is 1. The third-order valence-electron chi connectivity index (χ3n) is 2.76. The SMILES string of the molecule is CC(C)CC(CO)N(CCO)CC(O)S(=O)(=O)B=O. The van der Waals surface area contributed by atoms with E-state index in [1.54, 1.807) is 0 Å². The van der Waals surface area contributed by atoms with Crippen molar-refractivity contribution < 1.29 is 28.4 Å². The fourth-order valence-corrected chi connectivity index (χ4v) is 2.33. The van der Waals surface area contributed by atoms with Gasteiger partial charge in [0.05, 0.1) is 0 Å². The Bertz CT molecular complexity index is 361. The van der Waals surface area contributed by atoms with Gasteiger partial charge in [0.25, 0.3) is 0 Å². The molecule has 7 nitrogen and oxygen atoms in total. The van der Waals surface area contributed by atoms with Crippen molar-refractivity contribution in [2.75, 3.05) is 26.3 Å². The molecule has 0 aromatic heterocycles. The summed E-state index contributed by atoms with van der Waals surface area (Å²) >= 11 is 0. The Morgan fingerprint density at radius 2 is 1.84 bits per heavy atom. The maximum atomic E-state index is 11.2. The average Bonchev–Trinajstić information content (AvgIpc) is 2.35. The van der Waals surface area contributed by atoms with Crippen molar-refractivity contribution in [1.82, 2.24) is 4.90 Å². The molecule has 0 spiro atoms. The van der Waals surface area contributed by atoms with Gasteiger partial charge < -0.3 is 0 Å². The number of hydrogen-bond donors (Lipinski definition) is 3. The van der Waals surface area contributed by atoms with E-state index in [-0.39, 0.29) is 44.7 Å². The van der Waals surface area contributed by atoms with Gasteiger partial charge in [-0.1, -0.05) is 0 Å². The van der Waals surface area contributed by atoms with Gasteiger partial charge in [0.2, 0.25) is 0 Å². The minimum absolute atomic E-state index is 0.114. The first kappa shape index (κ1) is 18.7. The van der Waals surface area contributed by atoms with Gasteiger partial charge in [0.1, 0.15) is 0 Å². The van der Waals surface area contributed by atoms with Gasteiger partial charge in [0, 0.05) is 0 Å². The predicted octanol–water partition coefficient (Wildman–Crippen LogP) is -1.61. The van der Waals surface area contributed by atoms with Crippen LogP contribution >= 0.6 is 0 Å². The maximum absolute atomic E-state index is 11.2. The van der Waals surface area contributed by atoms with Gasteiger partial charge in [-0.15, -0.1) is 0 Å². The number of aliphatic hydroxyl groups is 3. The van der Waals surface area contributed by atoms with Crippen LogP contribution in [0.5, 0.6) is 0 Å². The first-order valence-corrected chi connectivity index (χ1v) is 7.72. The molecule has 19 heavy (non-hydrogen) atoms. The number of aliphatic hydroxyl groups excluding tert-OH is 3. The zero-order valence-corrected chi connectivity index (χ0v) is 12.1. The molecule has 0 fully saturated rings. The number of rotatable bonds is 10. The van der Waals surface area contributed by atoms with E-state index in [4.69, 9.17) is 5.11 Å². The van der Waals surface area contributed by atoms with Crippen LogP contribution in [-0.4, -0.2) is 72.8 Å². The normalized spacial score (nSPS) is 15.5. The molecule has 0 aliphatic rings. The fourth-order valence-electron chi connectivity index (χ4n) is 1.80. The van der Waals surface area contributed by atoms with Gasteiger partial charge in [0.15, 0.2) is 0 Å².